The van der Waals surface area contributed by atoms with Crippen LogP contribution in [0.4, 0.5) is 0 Å². The number of nitrogens with zero attached hydrogens (tertiary/aromatic N) is 4. The van der Waals surface area contributed by atoms with E-state index in [-0.39, 0.29) is 23.9 Å². The van der Waals surface area contributed by atoms with Crippen molar-refractivity contribution in [3.05, 3.63) is 80.3 Å². The van der Waals surface area contributed by atoms with Crippen molar-refractivity contribution in [3.63, 3.8) is 0 Å². The second kappa shape index (κ2) is 12.3. The number of thioether (sulfide) groups is 1. The summed E-state index contributed by atoms with van der Waals surface area (Å²) >= 11 is 14.1. The Morgan fingerprint density at radius 1 is 0.974 bits per heavy atom. The molecular formula is C31H40Cl2N4OS. The summed E-state index contributed by atoms with van der Waals surface area (Å²) in [4.78, 5) is 26.8. The number of carbonyl (C=O) groups is 1. The number of carbonyl (C=O) groups excluding carboxylic acids is 1. The minimum atomic E-state index is -0.570. The van der Waals surface area contributed by atoms with Gasteiger partial charge in [-0.2, -0.15) is 0 Å². The van der Waals surface area contributed by atoms with E-state index in [1.165, 1.54) is 11.8 Å². The highest BCUT2D eigenvalue weighted by Crippen LogP contribution is 2.56. The van der Waals surface area contributed by atoms with Gasteiger partial charge in [-0.15, -0.1) is 0 Å². The van der Waals surface area contributed by atoms with Crippen LogP contribution >= 0.6 is 35.0 Å². The van der Waals surface area contributed by atoms with Crippen molar-refractivity contribution in [2.45, 2.75) is 65.1 Å². The van der Waals surface area contributed by atoms with Crippen LogP contribution < -0.4 is 0 Å². The third-order valence-electron chi connectivity index (χ3n) is 7.50. The Bertz CT molecular complexity index is 1240. The molecule has 2 atom stereocenters. The molecule has 2 heterocycles. The van der Waals surface area contributed by atoms with Gasteiger partial charge in [-0.1, -0.05) is 61.3 Å². The van der Waals surface area contributed by atoms with Crippen molar-refractivity contribution in [2.75, 3.05) is 27.2 Å². The van der Waals surface area contributed by atoms with Crippen molar-refractivity contribution in [2.24, 2.45) is 10.9 Å². The first-order chi connectivity index (χ1) is 18.4. The third-order valence-corrected chi connectivity index (χ3v) is 9.07. The molecule has 0 bridgehead atoms. The summed E-state index contributed by atoms with van der Waals surface area (Å²) in [6, 6.07) is 15.9. The molecule has 2 aromatic carbocycles. The summed E-state index contributed by atoms with van der Waals surface area (Å²) < 4.78 is 0. The molecule has 0 spiro atoms. The van der Waals surface area contributed by atoms with Gasteiger partial charge in [-0.25, -0.2) is 4.99 Å². The summed E-state index contributed by atoms with van der Waals surface area (Å²) in [7, 11) is 4.17. The SMILES string of the molecule is CC(C)C1=C(C(=O)N(CCCCN(C)C)C(C)C)SC2=N[C@@](C)(c3ccc(Cl)cc3)[C@@H](c3ccc(Cl)cc3)N21. The lowest BCUT2D eigenvalue weighted by Gasteiger charge is -2.37. The Morgan fingerprint density at radius 3 is 2.08 bits per heavy atom. The maximum Gasteiger partial charge on any atom is 0.262 e. The van der Waals surface area contributed by atoms with Gasteiger partial charge in [0.05, 0.1) is 6.04 Å². The summed E-state index contributed by atoms with van der Waals surface area (Å²) in [6.07, 6.45) is 2.04. The highest BCUT2D eigenvalue weighted by molar-refractivity contribution is 8.18. The average Bonchev–Trinajstić information content (AvgIpc) is 3.37. The van der Waals surface area contributed by atoms with E-state index < -0.39 is 5.54 Å². The maximum atomic E-state index is 14.1. The van der Waals surface area contributed by atoms with Crippen molar-refractivity contribution in [1.82, 2.24) is 14.7 Å². The number of halogens is 2. The summed E-state index contributed by atoms with van der Waals surface area (Å²) in [5.74, 6) is 0.234. The molecule has 0 N–H and O–H groups in total. The van der Waals surface area contributed by atoms with Crippen LogP contribution in [-0.4, -0.2) is 59.0 Å². The molecule has 0 aliphatic carbocycles. The van der Waals surface area contributed by atoms with Crippen LogP contribution in [0.25, 0.3) is 0 Å². The predicted molar refractivity (Wildman–Crippen MR) is 166 cm³/mol. The van der Waals surface area contributed by atoms with Crippen LogP contribution in [0.15, 0.2) is 64.1 Å². The molecule has 2 aromatic rings. The van der Waals surface area contributed by atoms with Crippen molar-refractivity contribution >= 4 is 46.0 Å². The smallest absolute Gasteiger partial charge is 0.262 e. The Morgan fingerprint density at radius 2 is 1.54 bits per heavy atom. The van der Waals surface area contributed by atoms with Crippen LogP contribution in [0.1, 0.15) is 64.6 Å². The zero-order valence-corrected chi connectivity index (χ0v) is 26.4. The van der Waals surface area contributed by atoms with Crippen LogP contribution in [0, 0.1) is 5.92 Å². The standard InChI is InChI=1S/C31H40Cl2N4OS/c1-20(2)26-27(29(38)36(21(3)4)19-9-8-18-35(6)7)39-30-34-31(5,23-12-16-25(33)17-13-23)28(37(26)30)22-10-14-24(32)15-11-22/h10-17,20-21,28H,8-9,18-19H2,1-7H3/t28-,31+/m1/s1. The molecule has 5 nitrogen and oxygen atoms in total. The fraction of sp³-hybridized carbons (Fsp3) is 0.484. The third kappa shape index (κ3) is 6.19. The molecule has 2 aliphatic rings. The topological polar surface area (TPSA) is 39.2 Å². The van der Waals surface area contributed by atoms with Gasteiger partial charge in [0, 0.05) is 28.3 Å². The van der Waals surface area contributed by atoms with Crippen molar-refractivity contribution < 1.29 is 4.79 Å². The van der Waals surface area contributed by atoms with Gasteiger partial charge < -0.3 is 14.7 Å². The average molecular weight is 588 g/mol. The Hall–Kier alpha value is -1.99. The van der Waals surface area contributed by atoms with Gasteiger partial charge in [0.25, 0.3) is 5.91 Å². The molecule has 4 rings (SSSR count). The van der Waals surface area contributed by atoms with Gasteiger partial charge >= 0.3 is 0 Å². The number of amides is 1. The Labute approximate surface area is 248 Å². The van der Waals surface area contributed by atoms with Gasteiger partial charge in [0.15, 0.2) is 5.17 Å². The second-order valence-electron chi connectivity index (χ2n) is 11.4. The largest absolute Gasteiger partial charge is 0.336 e. The zero-order chi connectivity index (χ0) is 28.5. The van der Waals surface area contributed by atoms with Crippen LogP contribution in [0.2, 0.25) is 10.0 Å². The van der Waals surface area contributed by atoms with Gasteiger partial charge in [-0.05, 0) is 107 Å². The van der Waals surface area contributed by atoms with E-state index in [1.54, 1.807) is 0 Å². The molecule has 0 unspecified atom stereocenters. The second-order valence-corrected chi connectivity index (χ2v) is 13.3. The Balaban J connectivity index is 1.76. The van der Waals surface area contributed by atoms with E-state index in [1.807, 2.05) is 29.2 Å². The zero-order valence-electron chi connectivity index (χ0n) is 24.0. The van der Waals surface area contributed by atoms with E-state index >= 15 is 0 Å². The first-order valence-electron chi connectivity index (χ1n) is 13.7. The molecule has 0 fully saturated rings. The first-order valence-corrected chi connectivity index (χ1v) is 15.3. The van der Waals surface area contributed by atoms with E-state index in [0.29, 0.717) is 10.0 Å². The van der Waals surface area contributed by atoms with E-state index in [4.69, 9.17) is 28.2 Å². The monoisotopic (exact) mass is 586 g/mol. The number of unbranched alkanes of at least 4 members (excludes halogenated alkanes) is 1. The number of aliphatic imine (C=N–C) groups is 1. The molecule has 0 aromatic heterocycles. The fourth-order valence-electron chi connectivity index (χ4n) is 5.50. The number of fused-ring (bicyclic) bond motifs is 1. The number of hydrogen-bond donors (Lipinski definition) is 0. The van der Waals surface area contributed by atoms with Crippen molar-refractivity contribution in [1.29, 1.82) is 0 Å². The molecule has 39 heavy (non-hydrogen) atoms. The van der Waals surface area contributed by atoms with Crippen LogP contribution in [0.3, 0.4) is 0 Å². The fourth-order valence-corrected chi connectivity index (χ4v) is 7.11. The first kappa shape index (κ1) is 30.0. The van der Waals surface area contributed by atoms with Gasteiger partial charge in [-0.3, -0.25) is 4.79 Å². The highest BCUT2D eigenvalue weighted by atomic mass is 35.5. The van der Waals surface area contributed by atoms with Crippen LogP contribution in [-0.2, 0) is 10.3 Å². The summed E-state index contributed by atoms with van der Waals surface area (Å²) in [6.45, 7) is 12.5. The number of allylic oxidation sites excluding steroid dienone is 1. The van der Waals surface area contributed by atoms with Crippen molar-refractivity contribution in [3.8, 4) is 0 Å². The molecule has 0 radical (unpaired) electrons. The molecular weight excluding hydrogens is 547 g/mol. The summed E-state index contributed by atoms with van der Waals surface area (Å²) in [5, 5.41) is 2.26. The lowest BCUT2D eigenvalue weighted by molar-refractivity contribution is -0.128. The Kier molecular flexibility index (Phi) is 9.42. The molecule has 8 heteroatoms. The van der Waals surface area contributed by atoms with E-state index in [9.17, 15) is 4.79 Å². The number of amidine groups is 1. The lowest BCUT2D eigenvalue weighted by Crippen LogP contribution is -2.39. The van der Waals surface area contributed by atoms with E-state index in [2.05, 4.69) is 82.8 Å². The van der Waals surface area contributed by atoms with Gasteiger partial charge in [0.2, 0.25) is 0 Å². The predicted octanol–water partition coefficient (Wildman–Crippen LogP) is 7.81. The quantitative estimate of drug-likeness (QED) is 0.266. The lowest BCUT2D eigenvalue weighted by atomic mass is 9.81. The molecule has 0 saturated carbocycles. The van der Waals surface area contributed by atoms with E-state index in [0.717, 1.165) is 52.8 Å². The van der Waals surface area contributed by atoms with Gasteiger partial charge in [0.1, 0.15) is 10.4 Å². The normalized spacial score (nSPS) is 20.9. The molecule has 210 valence electrons. The molecule has 2 aliphatic heterocycles. The minimum Gasteiger partial charge on any atom is -0.336 e. The number of hydrogen-bond acceptors (Lipinski definition) is 5. The number of rotatable bonds is 10. The summed E-state index contributed by atoms with van der Waals surface area (Å²) in [5.41, 5.74) is 2.65. The molecule has 1 amide bonds. The number of benzene rings is 2. The highest BCUT2D eigenvalue weighted by Gasteiger charge is 2.53. The van der Waals surface area contributed by atoms with Crippen LogP contribution in [0.5, 0.6) is 0 Å². The molecule has 0 saturated heterocycles. The maximum absolute atomic E-state index is 14.1. The minimum absolute atomic E-state index is 0.101.